The number of hydrogen-bond acceptors (Lipinski definition) is 2. The van der Waals surface area contributed by atoms with Gasteiger partial charge in [0.25, 0.3) is 0 Å². The van der Waals surface area contributed by atoms with Crippen LogP contribution in [0.3, 0.4) is 0 Å². The van der Waals surface area contributed by atoms with Crippen LogP contribution >= 0.6 is 0 Å². The zero-order valence-corrected chi connectivity index (χ0v) is 11.6. The van der Waals surface area contributed by atoms with Gasteiger partial charge in [-0.3, -0.25) is 0 Å². The van der Waals surface area contributed by atoms with Gasteiger partial charge in [-0.05, 0) is 55.1 Å². The first-order chi connectivity index (χ1) is 9.20. The highest BCUT2D eigenvalue weighted by molar-refractivity contribution is 5.42. The number of aryl methyl sites for hydroxylation is 1. The molecule has 100 valence electrons. The zero-order valence-electron chi connectivity index (χ0n) is 11.6. The normalized spacial score (nSPS) is 10.5. The summed E-state index contributed by atoms with van der Waals surface area (Å²) in [6.45, 7) is 5.49. The van der Waals surface area contributed by atoms with Crippen molar-refractivity contribution in [3.8, 4) is 5.75 Å². The van der Waals surface area contributed by atoms with E-state index in [9.17, 15) is 0 Å². The Morgan fingerprint density at radius 2 is 1.74 bits per heavy atom. The molecule has 2 heteroatoms. The minimum absolute atomic E-state index is 0.604. The van der Waals surface area contributed by atoms with Crippen molar-refractivity contribution in [3.05, 3.63) is 64.7 Å². The SMILES string of the molecule is Cc1cc(CCN)cc(OCc2ccccc2)c1C. The molecule has 0 fully saturated rings. The van der Waals surface area contributed by atoms with Gasteiger partial charge >= 0.3 is 0 Å². The lowest BCUT2D eigenvalue weighted by atomic mass is 10.0. The summed E-state index contributed by atoms with van der Waals surface area (Å²) in [4.78, 5) is 0. The molecule has 0 aliphatic heterocycles. The van der Waals surface area contributed by atoms with E-state index >= 15 is 0 Å². The lowest BCUT2D eigenvalue weighted by Crippen LogP contribution is -2.04. The summed E-state index contributed by atoms with van der Waals surface area (Å²) in [6, 6.07) is 14.5. The predicted octanol–water partition coefficient (Wildman–Crippen LogP) is 3.38. The molecule has 0 atom stereocenters. The van der Waals surface area contributed by atoms with Crippen molar-refractivity contribution in [3.63, 3.8) is 0 Å². The Morgan fingerprint density at radius 1 is 1.00 bits per heavy atom. The Labute approximate surface area is 115 Å². The van der Waals surface area contributed by atoms with E-state index in [-0.39, 0.29) is 0 Å². The Bertz CT molecular complexity index is 534. The highest BCUT2D eigenvalue weighted by atomic mass is 16.5. The Hall–Kier alpha value is -1.80. The first-order valence-electron chi connectivity index (χ1n) is 6.67. The van der Waals surface area contributed by atoms with Crippen molar-refractivity contribution in [2.24, 2.45) is 5.73 Å². The molecule has 19 heavy (non-hydrogen) atoms. The van der Waals surface area contributed by atoms with Crippen LogP contribution in [-0.2, 0) is 13.0 Å². The summed E-state index contributed by atoms with van der Waals surface area (Å²) >= 11 is 0. The molecule has 0 aliphatic carbocycles. The first kappa shape index (κ1) is 13.6. The van der Waals surface area contributed by atoms with Crippen LogP contribution in [0.15, 0.2) is 42.5 Å². The van der Waals surface area contributed by atoms with Gasteiger partial charge in [0.1, 0.15) is 12.4 Å². The van der Waals surface area contributed by atoms with Gasteiger partial charge in [0.15, 0.2) is 0 Å². The van der Waals surface area contributed by atoms with Crippen molar-refractivity contribution >= 4 is 0 Å². The van der Waals surface area contributed by atoms with Crippen LogP contribution in [0.25, 0.3) is 0 Å². The quantitative estimate of drug-likeness (QED) is 0.889. The van der Waals surface area contributed by atoms with Gasteiger partial charge in [-0.2, -0.15) is 0 Å². The lowest BCUT2D eigenvalue weighted by molar-refractivity contribution is 0.303. The van der Waals surface area contributed by atoms with Crippen LogP contribution in [0.1, 0.15) is 22.3 Å². The highest BCUT2D eigenvalue weighted by Gasteiger charge is 2.06. The second kappa shape index (κ2) is 6.39. The molecule has 2 aromatic carbocycles. The minimum Gasteiger partial charge on any atom is -0.489 e. The van der Waals surface area contributed by atoms with Gasteiger partial charge in [0.2, 0.25) is 0 Å². The summed E-state index contributed by atoms with van der Waals surface area (Å²) < 4.78 is 5.95. The summed E-state index contributed by atoms with van der Waals surface area (Å²) in [6.07, 6.45) is 0.892. The average molecular weight is 255 g/mol. The van der Waals surface area contributed by atoms with Crippen LogP contribution < -0.4 is 10.5 Å². The standard InChI is InChI=1S/C17H21NO/c1-13-10-16(8-9-18)11-17(14(13)2)19-12-15-6-4-3-5-7-15/h3-7,10-11H,8-9,12,18H2,1-2H3. The molecule has 2 rings (SSSR count). The van der Waals surface area contributed by atoms with Crippen LogP contribution in [0, 0.1) is 13.8 Å². The van der Waals surface area contributed by atoms with Gasteiger partial charge in [0.05, 0.1) is 0 Å². The van der Waals surface area contributed by atoms with E-state index in [4.69, 9.17) is 10.5 Å². The highest BCUT2D eigenvalue weighted by Crippen LogP contribution is 2.24. The van der Waals surface area contributed by atoms with Crippen molar-refractivity contribution in [1.29, 1.82) is 0 Å². The fourth-order valence-electron chi connectivity index (χ4n) is 2.10. The second-order valence-electron chi connectivity index (χ2n) is 4.85. The van der Waals surface area contributed by atoms with E-state index < -0.39 is 0 Å². The van der Waals surface area contributed by atoms with E-state index in [0.29, 0.717) is 13.2 Å². The van der Waals surface area contributed by atoms with Crippen molar-refractivity contribution in [2.75, 3.05) is 6.54 Å². The number of benzene rings is 2. The van der Waals surface area contributed by atoms with E-state index in [1.54, 1.807) is 0 Å². The average Bonchev–Trinajstić information content (AvgIpc) is 2.42. The van der Waals surface area contributed by atoms with Gasteiger partial charge in [0, 0.05) is 0 Å². The molecule has 2 aromatic rings. The van der Waals surface area contributed by atoms with Crippen LogP contribution in [-0.4, -0.2) is 6.54 Å². The molecule has 2 nitrogen and oxygen atoms in total. The summed E-state index contributed by atoms with van der Waals surface area (Å²) in [5.74, 6) is 0.965. The number of hydrogen-bond donors (Lipinski definition) is 1. The van der Waals surface area contributed by atoms with Crippen LogP contribution in [0.5, 0.6) is 5.75 Å². The minimum atomic E-state index is 0.604. The number of ether oxygens (including phenoxy) is 1. The molecule has 0 heterocycles. The molecule has 0 aromatic heterocycles. The molecular weight excluding hydrogens is 234 g/mol. The number of rotatable bonds is 5. The van der Waals surface area contributed by atoms with Gasteiger partial charge in [-0.1, -0.05) is 36.4 Å². The van der Waals surface area contributed by atoms with E-state index in [1.165, 1.54) is 22.3 Å². The fourth-order valence-corrected chi connectivity index (χ4v) is 2.10. The van der Waals surface area contributed by atoms with Gasteiger partial charge in [-0.15, -0.1) is 0 Å². The molecule has 0 spiro atoms. The smallest absolute Gasteiger partial charge is 0.123 e. The van der Waals surface area contributed by atoms with Crippen LogP contribution in [0.2, 0.25) is 0 Å². The molecule has 0 bridgehead atoms. The second-order valence-corrected chi connectivity index (χ2v) is 4.85. The maximum atomic E-state index is 5.95. The maximum absolute atomic E-state index is 5.95. The third-order valence-electron chi connectivity index (χ3n) is 3.35. The predicted molar refractivity (Wildman–Crippen MR) is 79.4 cm³/mol. The topological polar surface area (TPSA) is 35.2 Å². The molecule has 0 aliphatic rings. The van der Waals surface area contributed by atoms with Gasteiger partial charge in [-0.25, -0.2) is 0 Å². The zero-order chi connectivity index (χ0) is 13.7. The first-order valence-corrected chi connectivity index (χ1v) is 6.67. The molecule has 0 saturated carbocycles. The van der Waals surface area contributed by atoms with Gasteiger partial charge < -0.3 is 10.5 Å². The molecule has 0 unspecified atom stereocenters. The van der Waals surface area contributed by atoms with Crippen LogP contribution in [0.4, 0.5) is 0 Å². The van der Waals surface area contributed by atoms with E-state index in [2.05, 4.69) is 38.1 Å². The summed E-state index contributed by atoms with van der Waals surface area (Å²) in [7, 11) is 0. The third-order valence-corrected chi connectivity index (χ3v) is 3.35. The Balaban J connectivity index is 2.15. The summed E-state index contributed by atoms with van der Waals surface area (Å²) in [5.41, 5.74) is 10.5. The Morgan fingerprint density at radius 3 is 2.42 bits per heavy atom. The molecule has 2 N–H and O–H groups in total. The fraction of sp³-hybridized carbons (Fsp3) is 0.294. The van der Waals surface area contributed by atoms with Crippen molar-refractivity contribution in [1.82, 2.24) is 0 Å². The molecule has 0 radical (unpaired) electrons. The maximum Gasteiger partial charge on any atom is 0.123 e. The molecule has 0 saturated heterocycles. The van der Waals surface area contributed by atoms with Crippen molar-refractivity contribution in [2.45, 2.75) is 26.9 Å². The monoisotopic (exact) mass is 255 g/mol. The molecular formula is C17H21NO. The number of nitrogens with two attached hydrogens (primary N) is 1. The largest absolute Gasteiger partial charge is 0.489 e. The molecule has 0 amide bonds. The van der Waals surface area contributed by atoms with Crippen molar-refractivity contribution < 1.29 is 4.74 Å². The van der Waals surface area contributed by atoms with E-state index in [1.807, 2.05) is 18.2 Å². The lowest BCUT2D eigenvalue weighted by Gasteiger charge is -2.13. The Kier molecular flexibility index (Phi) is 4.58. The van der Waals surface area contributed by atoms with E-state index in [0.717, 1.165) is 12.2 Å². The summed E-state index contributed by atoms with van der Waals surface area (Å²) in [5, 5.41) is 0. The third kappa shape index (κ3) is 3.58.